The maximum atomic E-state index is 13.4. The smallest absolute Gasteiger partial charge is 0.178 e. The molecule has 1 heterocycles. The van der Waals surface area contributed by atoms with Crippen LogP contribution < -0.4 is 0 Å². The van der Waals surface area contributed by atoms with Gasteiger partial charge in [0.05, 0.1) is 22.7 Å². The van der Waals surface area contributed by atoms with Crippen LogP contribution in [-0.2, 0) is 11.3 Å². The van der Waals surface area contributed by atoms with E-state index in [1.165, 1.54) is 18.9 Å². The molecule has 0 bridgehead atoms. The molecule has 2 aromatic rings. The maximum Gasteiger partial charge on any atom is 0.178 e. The highest BCUT2D eigenvalue weighted by Crippen LogP contribution is 2.28. The van der Waals surface area contributed by atoms with Crippen LogP contribution >= 0.6 is 23.8 Å². The van der Waals surface area contributed by atoms with E-state index < -0.39 is 5.82 Å². The summed E-state index contributed by atoms with van der Waals surface area (Å²) < 4.78 is 21.4. The van der Waals surface area contributed by atoms with Crippen molar-refractivity contribution in [2.75, 3.05) is 13.2 Å². The van der Waals surface area contributed by atoms with E-state index in [2.05, 4.69) is 4.98 Å². The van der Waals surface area contributed by atoms with Crippen LogP contribution in [0.1, 0.15) is 12.8 Å². The summed E-state index contributed by atoms with van der Waals surface area (Å²) in [4.78, 5) is 2.98. The van der Waals surface area contributed by atoms with Gasteiger partial charge in [0.1, 0.15) is 5.82 Å². The summed E-state index contributed by atoms with van der Waals surface area (Å²) in [7, 11) is 0. The first-order valence-electron chi connectivity index (χ1n) is 6.30. The third-order valence-corrected chi connectivity index (χ3v) is 3.94. The zero-order valence-corrected chi connectivity index (χ0v) is 11.9. The number of rotatable bonds is 5. The molecule has 0 aliphatic heterocycles. The Kier molecular flexibility index (Phi) is 3.60. The van der Waals surface area contributed by atoms with Gasteiger partial charge in [-0.25, -0.2) is 4.39 Å². The van der Waals surface area contributed by atoms with Gasteiger partial charge in [-0.2, -0.15) is 0 Å². The molecule has 3 nitrogen and oxygen atoms in total. The average Bonchev–Trinajstić information content (AvgIpc) is 3.13. The lowest BCUT2D eigenvalue weighted by Gasteiger charge is -2.06. The van der Waals surface area contributed by atoms with Crippen LogP contribution in [0.15, 0.2) is 12.1 Å². The van der Waals surface area contributed by atoms with Crippen molar-refractivity contribution in [3.05, 3.63) is 27.7 Å². The second-order valence-electron chi connectivity index (χ2n) is 4.88. The molecular formula is C13H14ClFN2OS. The molecule has 0 saturated heterocycles. The summed E-state index contributed by atoms with van der Waals surface area (Å²) in [5.41, 5.74) is 1.47. The molecule has 0 atom stereocenters. The number of H-pyrrole nitrogens is 1. The van der Waals surface area contributed by atoms with E-state index in [-0.39, 0.29) is 5.02 Å². The lowest BCUT2D eigenvalue weighted by molar-refractivity contribution is 0.117. The van der Waals surface area contributed by atoms with Crippen LogP contribution in [-0.4, -0.2) is 22.8 Å². The monoisotopic (exact) mass is 300 g/mol. The van der Waals surface area contributed by atoms with E-state index in [9.17, 15) is 4.39 Å². The van der Waals surface area contributed by atoms with Crippen LogP contribution in [0.25, 0.3) is 11.0 Å². The predicted molar refractivity (Wildman–Crippen MR) is 75.6 cm³/mol. The first-order chi connectivity index (χ1) is 9.15. The van der Waals surface area contributed by atoms with E-state index in [0.29, 0.717) is 23.4 Å². The van der Waals surface area contributed by atoms with Gasteiger partial charge in [-0.3, -0.25) is 0 Å². The Morgan fingerprint density at radius 3 is 3.00 bits per heavy atom. The number of fused-ring (bicyclic) bond motifs is 1. The summed E-state index contributed by atoms with van der Waals surface area (Å²) in [5, 5.41) is 0.106. The summed E-state index contributed by atoms with van der Waals surface area (Å²) in [6.45, 7) is 2.07. The van der Waals surface area contributed by atoms with Gasteiger partial charge in [0, 0.05) is 19.2 Å². The molecule has 19 heavy (non-hydrogen) atoms. The molecule has 1 aromatic carbocycles. The first-order valence-corrected chi connectivity index (χ1v) is 7.09. The van der Waals surface area contributed by atoms with Crippen LogP contribution in [0.3, 0.4) is 0 Å². The van der Waals surface area contributed by atoms with Crippen molar-refractivity contribution in [1.29, 1.82) is 0 Å². The van der Waals surface area contributed by atoms with Crippen LogP contribution in [0.2, 0.25) is 5.02 Å². The van der Waals surface area contributed by atoms with Crippen molar-refractivity contribution in [2.45, 2.75) is 19.4 Å². The molecule has 0 spiro atoms. The first kappa shape index (κ1) is 13.1. The molecule has 0 radical (unpaired) electrons. The van der Waals surface area contributed by atoms with Gasteiger partial charge in [-0.1, -0.05) is 11.6 Å². The summed E-state index contributed by atoms with van der Waals surface area (Å²) in [6.07, 6.45) is 2.56. The van der Waals surface area contributed by atoms with Crippen molar-refractivity contribution in [3.63, 3.8) is 0 Å². The molecule has 6 heteroatoms. The molecule has 0 amide bonds. The molecule has 1 aliphatic rings. The van der Waals surface area contributed by atoms with Gasteiger partial charge in [0.2, 0.25) is 0 Å². The van der Waals surface area contributed by atoms with Crippen molar-refractivity contribution in [1.82, 2.24) is 9.55 Å². The standard InChI is InChI=1S/C13H14ClFN2OS/c14-9-5-12-11(6-10(9)15)16-13(19)17(12)3-4-18-7-8-1-2-8/h5-6,8H,1-4,7H2,(H,16,19). The second-order valence-corrected chi connectivity index (χ2v) is 5.68. The number of hydrogen-bond donors (Lipinski definition) is 1. The van der Waals surface area contributed by atoms with Gasteiger partial charge >= 0.3 is 0 Å². The number of benzene rings is 1. The third-order valence-electron chi connectivity index (χ3n) is 3.33. The zero-order chi connectivity index (χ0) is 13.4. The second kappa shape index (κ2) is 5.23. The van der Waals surface area contributed by atoms with E-state index in [1.807, 2.05) is 4.57 Å². The van der Waals surface area contributed by atoms with E-state index in [1.54, 1.807) is 6.07 Å². The number of nitrogens with zero attached hydrogens (tertiary/aromatic N) is 1. The number of hydrogen-bond acceptors (Lipinski definition) is 2. The van der Waals surface area contributed by atoms with E-state index in [4.69, 9.17) is 28.6 Å². The normalized spacial score (nSPS) is 15.3. The topological polar surface area (TPSA) is 29.9 Å². The number of aromatic nitrogens is 2. The predicted octanol–water partition coefficient (Wildman–Crippen LogP) is 3.92. The molecule has 1 aromatic heterocycles. The fourth-order valence-electron chi connectivity index (χ4n) is 2.06. The van der Waals surface area contributed by atoms with Gasteiger partial charge in [0.25, 0.3) is 0 Å². The number of imidazole rings is 1. The summed E-state index contributed by atoms with van der Waals surface area (Å²) in [6, 6.07) is 2.97. The molecule has 102 valence electrons. The number of ether oxygens (including phenoxy) is 1. The van der Waals surface area contributed by atoms with E-state index in [0.717, 1.165) is 18.0 Å². The fraction of sp³-hybridized carbons (Fsp3) is 0.462. The summed E-state index contributed by atoms with van der Waals surface area (Å²) in [5.74, 6) is 0.307. The summed E-state index contributed by atoms with van der Waals surface area (Å²) >= 11 is 11.1. The van der Waals surface area contributed by atoms with Gasteiger partial charge in [-0.05, 0) is 37.0 Å². The van der Waals surface area contributed by atoms with Crippen LogP contribution in [0.4, 0.5) is 4.39 Å². The average molecular weight is 301 g/mol. The van der Waals surface area contributed by atoms with Crippen LogP contribution in [0.5, 0.6) is 0 Å². The largest absolute Gasteiger partial charge is 0.379 e. The Hall–Kier alpha value is -0.910. The quantitative estimate of drug-likeness (QED) is 0.670. The minimum atomic E-state index is -0.442. The third kappa shape index (κ3) is 2.83. The van der Waals surface area contributed by atoms with Gasteiger partial charge in [-0.15, -0.1) is 0 Å². The maximum absolute atomic E-state index is 13.4. The number of halogens is 2. The van der Waals surface area contributed by atoms with Gasteiger partial charge in [0.15, 0.2) is 4.77 Å². The molecular weight excluding hydrogens is 287 g/mol. The Labute approximate surface area is 120 Å². The van der Waals surface area contributed by atoms with Crippen molar-refractivity contribution in [3.8, 4) is 0 Å². The molecule has 1 aliphatic carbocycles. The molecule has 1 saturated carbocycles. The fourth-order valence-corrected chi connectivity index (χ4v) is 2.52. The number of aromatic amines is 1. The molecule has 3 rings (SSSR count). The molecule has 1 fully saturated rings. The Balaban J connectivity index is 1.78. The highest BCUT2D eigenvalue weighted by atomic mass is 35.5. The van der Waals surface area contributed by atoms with E-state index >= 15 is 0 Å². The molecule has 0 unspecified atom stereocenters. The Morgan fingerprint density at radius 1 is 1.47 bits per heavy atom. The van der Waals surface area contributed by atoms with Crippen molar-refractivity contribution >= 4 is 34.9 Å². The van der Waals surface area contributed by atoms with Crippen molar-refractivity contribution < 1.29 is 9.13 Å². The SMILES string of the molecule is Fc1cc2[nH]c(=S)n(CCOCC3CC3)c2cc1Cl. The highest BCUT2D eigenvalue weighted by molar-refractivity contribution is 7.71. The molecule has 1 N–H and O–H groups in total. The zero-order valence-electron chi connectivity index (χ0n) is 10.3. The van der Waals surface area contributed by atoms with Crippen molar-refractivity contribution in [2.24, 2.45) is 5.92 Å². The Morgan fingerprint density at radius 2 is 2.26 bits per heavy atom. The minimum Gasteiger partial charge on any atom is -0.379 e. The lowest BCUT2D eigenvalue weighted by Crippen LogP contribution is -2.07. The van der Waals surface area contributed by atoms with Gasteiger partial charge < -0.3 is 14.3 Å². The lowest BCUT2D eigenvalue weighted by atomic mass is 10.3. The highest BCUT2D eigenvalue weighted by Gasteiger charge is 2.21. The minimum absolute atomic E-state index is 0.106. The van der Waals surface area contributed by atoms with Crippen LogP contribution in [0, 0.1) is 16.5 Å². The Bertz CT molecular complexity index is 662. The number of nitrogens with one attached hydrogen (secondary N) is 1.